The highest BCUT2D eigenvalue weighted by atomic mass is 32.2. The maximum atomic E-state index is 11.2. The molecule has 5 nitrogen and oxygen atoms in total. The summed E-state index contributed by atoms with van der Waals surface area (Å²) in [6.07, 6.45) is 3.91. The molecule has 1 atom stereocenters. The SMILES string of the molecule is NS(=O)(=O)c1ccc(CNC2CCc3cccnc32)cc1. The normalized spacial score (nSPS) is 17.7. The van der Waals surface area contributed by atoms with Gasteiger partial charge in [0.05, 0.1) is 16.6 Å². The van der Waals surface area contributed by atoms with Crippen LogP contribution in [0.3, 0.4) is 0 Å². The van der Waals surface area contributed by atoms with Crippen LogP contribution in [-0.2, 0) is 23.0 Å². The molecule has 1 heterocycles. The Morgan fingerprint density at radius 1 is 1.24 bits per heavy atom. The third kappa shape index (κ3) is 3.12. The highest BCUT2D eigenvalue weighted by Gasteiger charge is 2.22. The highest BCUT2D eigenvalue weighted by molar-refractivity contribution is 7.89. The van der Waals surface area contributed by atoms with Gasteiger partial charge in [-0.3, -0.25) is 4.98 Å². The van der Waals surface area contributed by atoms with Crippen molar-refractivity contribution in [2.75, 3.05) is 0 Å². The molecule has 1 aromatic carbocycles. The summed E-state index contributed by atoms with van der Waals surface area (Å²) in [4.78, 5) is 4.58. The summed E-state index contributed by atoms with van der Waals surface area (Å²) in [6, 6.07) is 11.0. The van der Waals surface area contributed by atoms with E-state index in [9.17, 15) is 8.42 Å². The lowest BCUT2D eigenvalue weighted by Crippen LogP contribution is -2.19. The smallest absolute Gasteiger partial charge is 0.238 e. The van der Waals surface area contributed by atoms with Crippen molar-refractivity contribution >= 4 is 10.0 Å². The van der Waals surface area contributed by atoms with Crippen LogP contribution in [0.2, 0.25) is 0 Å². The first-order chi connectivity index (χ1) is 10.0. The van der Waals surface area contributed by atoms with Gasteiger partial charge in [-0.05, 0) is 42.2 Å². The Hall–Kier alpha value is -1.76. The summed E-state index contributed by atoms with van der Waals surface area (Å²) in [5.41, 5.74) is 3.45. The molecule has 0 saturated heterocycles. The van der Waals surface area contributed by atoms with E-state index in [0.29, 0.717) is 6.54 Å². The molecule has 2 aromatic rings. The van der Waals surface area contributed by atoms with Crippen LogP contribution < -0.4 is 10.5 Å². The molecule has 6 heteroatoms. The monoisotopic (exact) mass is 303 g/mol. The molecule has 1 aliphatic carbocycles. The van der Waals surface area contributed by atoms with Crippen molar-refractivity contribution in [1.82, 2.24) is 10.3 Å². The van der Waals surface area contributed by atoms with Crippen LogP contribution in [0.15, 0.2) is 47.5 Å². The second-order valence-corrected chi connectivity index (χ2v) is 6.77. The molecule has 0 saturated carbocycles. The minimum Gasteiger partial charge on any atom is -0.304 e. The number of hydrogen-bond acceptors (Lipinski definition) is 4. The van der Waals surface area contributed by atoms with Gasteiger partial charge in [0.2, 0.25) is 10.0 Å². The van der Waals surface area contributed by atoms with Crippen LogP contribution in [0.5, 0.6) is 0 Å². The third-order valence-corrected chi connectivity index (χ3v) is 4.69. The molecule has 3 N–H and O–H groups in total. The number of sulfonamides is 1. The lowest BCUT2D eigenvalue weighted by Gasteiger charge is -2.13. The minimum absolute atomic E-state index is 0.138. The van der Waals surface area contributed by atoms with E-state index in [4.69, 9.17) is 5.14 Å². The fraction of sp³-hybridized carbons (Fsp3) is 0.267. The van der Waals surface area contributed by atoms with Crippen LogP contribution in [0.25, 0.3) is 0 Å². The molecule has 1 unspecified atom stereocenters. The predicted octanol–water partition coefficient (Wildman–Crippen LogP) is 1.51. The Balaban J connectivity index is 1.67. The average molecular weight is 303 g/mol. The number of nitrogens with one attached hydrogen (secondary N) is 1. The van der Waals surface area contributed by atoms with Crippen molar-refractivity contribution in [3.63, 3.8) is 0 Å². The van der Waals surface area contributed by atoms with Crippen LogP contribution in [0.1, 0.15) is 29.3 Å². The van der Waals surface area contributed by atoms with Gasteiger partial charge >= 0.3 is 0 Å². The summed E-state index contributed by atoms with van der Waals surface area (Å²) in [6.45, 7) is 0.672. The molecular formula is C15H17N3O2S. The van der Waals surface area contributed by atoms with Crippen LogP contribution >= 0.6 is 0 Å². The van der Waals surface area contributed by atoms with E-state index in [0.717, 1.165) is 24.1 Å². The molecule has 1 aliphatic rings. The highest BCUT2D eigenvalue weighted by Crippen LogP contribution is 2.29. The molecule has 0 amide bonds. The topological polar surface area (TPSA) is 85.1 Å². The number of rotatable bonds is 4. The quantitative estimate of drug-likeness (QED) is 0.896. The Morgan fingerprint density at radius 3 is 2.71 bits per heavy atom. The van der Waals surface area contributed by atoms with Gasteiger partial charge in [-0.25, -0.2) is 13.6 Å². The van der Waals surface area contributed by atoms with E-state index in [-0.39, 0.29) is 10.9 Å². The van der Waals surface area contributed by atoms with Crippen molar-refractivity contribution < 1.29 is 8.42 Å². The van der Waals surface area contributed by atoms with Crippen molar-refractivity contribution in [2.24, 2.45) is 5.14 Å². The number of aryl methyl sites for hydroxylation is 1. The summed E-state index contributed by atoms with van der Waals surface area (Å²) in [7, 11) is -3.62. The van der Waals surface area contributed by atoms with E-state index in [1.807, 2.05) is 12.3 Å². The molecule has 110 valence electrons. The molecule has 0 spiro atoms. The largest absolute Gasteiger partial charge is 0.304 e. The van der Waals surface area contributed by atoms with E-state index in [1.54, 1.807) is 12.1 Å². The molecule has 0 fully saturated rings. The number of benzene rings is 1. The Kier molecular flexibility index (Phi) is 3.75. The van der Waals surface area contributed by atoms with E-state index < -0.39 is 10.0 Å². The zero-order valence-electron chi connectivity index (χ0n) is 11.5. The average Bonchev–Trinajstić information content (AvgIpc) is 2.88. The minimum atomic E-state index is -3.62. The van der Waals surface area contributed by atoms with Gasteiger partial charge in [0.1, 0.15) is 0 Å². The standard InChI is InChI=1S/C15H17N3O2S/c16-21(19,20)13-6-3-11(4-7-13)10-18-14-8-5-12-2-1-9-17-15(12)14/h1-4,6-7,9,14,18H,5,8,10H2,(H2,16,19,20). The van der Waals surface area contributed by atoms with Crippen molar-refractivity contribution in [3.05, 3.63) is 59.4 Å². The van der Waals surface area contributed by atoms with E-state index in [1.165, 1.54) is 17.7 Å². The van der Waals surface area contributed by atoms with Gasteiger partial charge in [0.15, 0.2) is 0 Å². The van der Waals surface area contributed by atoms with Crippen molar-refractivity contribution in [3.8, 4) is 0 Å². The van der Waals surface area contributed by atoms with Crippen LogP contribution in [0.4, 0.5) is 0 Å². The Labute approximate surface area is 124 Å². The third-order valence-electron chi connectivity index (χ3n) is 3.76. The predicted molar refractivity (Wildman–Crippen MR) is 80.0 cm³/mol. The Bertz CT molecular complexity index is 742. The van der Waals surface area contributed by atoms with Crippen molar-refractivity contribution in [2.45, 2.75) is 30.3 Å². The molecule has 3 rings (SSSR count). The zero-order chi connectivity index (χ0) is 14.9. The molecule has 1 aromatic heterocycles. The maximum absolute atomic E-state index is 11.2. The maximum Gasteiger partial charge on any atom is 0.238 e. The first kappa shape index (κ1) is 14.2. The second kappa shape index (κ2) is 5.55. The van der Waals surface area contributed by atoms with Gasteiger partial charge in [-0.1, -0.05) is 18.2 Å². The number of aromatic nitrogens is 1. The second-order valence-electron chi connectivity index (χ2n) is 5.21. The van der Waals surface area contributed by atoms with Crippen molar-refractivity contribution in [1.29, 1.82) is 0 Å². The van der Waals surface area contributed by atoms with Crippen LogP contribution in [0, 0.1) is 0 Å². The van der Waals surface area contributed by atoms with Gasteiger partial charge in [0, 0.05) is 12.7 Å². The molecule has 0 radical (unpaired) electrons. The summed E-state index contributed by atoms with van der Waals surface area (Å²) >= 11 is 0. The fourth-order valence-corrected chi connectivity index (χ4v) is 3.16. The number of primary sulfonamides is 1. The summed E-state index contributed by atoms with van der Waals surface area (Å²) in [5, 5.41) is 8.55. The van der Waals surface area contributed by atoms with Gasteiger partial charge in [-0.15, -0.1) is 0 Å². The zero-order valence-corrected chi connectivity index (χ0v) is 12.3. The first-order valence-corrected chi connectivity index (χ1v) is 8.37. The van der Waals surface area contributed by atoms with E-state index >= 15 is 0 Å². The molecule has 0 bridgehead atoms. The lowest BCUT2D eigenvalue weighted by molar-refractivity contribution is 0.521. The van der Waals surface area contributed by atoms with E-state index in [2.05, 4.69) is 16.4 Å². The van der Waals surface area contributed by atoms with Gasteiger partial charge in [0.25, 0.3) is 0 Å². The number of pyridine rings is 1. The molecule has 0 aliphatic heterocycles. The number of nitrogens with two attached hydrogens (primary N) is 1. The fourth-order valence-electron chi connectivity index (χ4n) is 2.65. The Morgan fingerprint density at radius 2 is 2.00 bits per heavy atom. The molecule has 21 heavy (non-hydrogen) atoms. The summed E-state index contributed by atoms with van der Waals surface area (Å²) in [5.74, 6) is 0. The number of nitrogens with zero attached hydrogens (tertiary/aromatic N) is 1. The summed E-state index contributed by atoms with van der Waals surface area (Å²) < 4.78 is 22.4. The van der Waals surface area contributed by atoms with Gasteiger partial charge in [-0.2, -0.15) is 0 Å². The first-order valence-electron chi connectivity index (χ1n) is 6.83. The van der Waals surface area contributed by atoms with Crippen LogP contribution in [-0.4, -0.2) is 13.4 Å². The lowest BCUT2D eigenvalue weighted by atomic mass is 10.2. The molecular weight excluding hydrogens is 286 g/mol. The van der Waals surface area contributed by atoms with Gasteiger partial charge < -0.3 is 5.32 Å². The number of fused-ring (bicyclic) bond motifs is 1. The number of hydrogen-bond donors (Lipinski definition) is 2.